The zero-order valence-electron chi connectivity index (χ0n) is 8.60. The molecule has 0 aromatic carbocycles. The van der Waals surface area contributed by atoms with E-state index in [0.717, 1.165) is 17.3 Å². The number of rotatable bonds is 3. The molecule has 1 atom stereocenters. The van der Waals surface area contributed by atoms with Crippen LogP contribution in [0.5, 0.6) is 0 Å². The molecule has 2 N–H and O–H groups in total. The van der Waals surface area contributed by atoms with E-state index in [1.807, 2.05) is 13.8 Å². The third kappa shape index (κ3) is 2.09. The van der Waals surface area contributed by atoms with Crippen molar-refractivity contribution in [2.24, 2.45) is 0 Å². The number of H-pyrrole nitrogens is 1. The molecule has 2 aromatic rings. The summed E-state index contributed by atoms with van der Waals surface area (Å²) in [7, 11) is 0. The highest BCUT2D eigenvalue weighted by atomic mass is 15.2. The van der Waals surface area contributed by atoms with Crippen LogP contribution in [0.25, 0.3) is 0 Å². The topological polar surface area (TPSA) is 79.4 Å². The van der Waals surface area contributed by atoms with Crippen molar-refractivity contribution in [2.75, 3.05) is 5.32 Å². The summed E-state index contributed by atoms with van der Waals surface area (Å²) in [6.45, 7) is 3.89. The van der Waals surface area contributed by atoms with Crippen LogP contribution >= 0.6 is 0 Å². The van der Waals surface area contributed by atoms with E-state index in [0.29, 0.717) is 0 Å². The van der Waals surface area contributed by atoms with Crippen LogP contribution in [0.2, 0.25) is 0 Å². The van der Waals surface area contributed by atoms with Crippen molar-refractivity contribution in [1.29, 1.82) is 0 Å². The van der Waals surface area contributed by atoms with Gasteiger partial charge in [0.05, 0.1) is 11.7 Å². The van der Waals surface area contributed by atoms with Crippen LogP contribution in [0, 0.1) is 6.92 Å². The lowest BCUT2D eigenvalue weighted by Gasteiger charge is -2.12. The highest BCUT2D eigenvalue weighted by Gasteiger charge is 2.09. The summed E-state index contributed by atoms with van der Waals surface area (Å²) < 4.78 is 0. The third-order valence-corrected chi connectivity index (χ3v) is 2.08. The van der Waals surface area contributed by atoms with Crippen molar-refractivity contribution < 1.29 is 0 Å². The normalized spacial score (nSPS) is 12.4. The Morgan fingerprint density at radius 2 is 2.07 bits per heavy atom. The minimum atomic E-state index is 0.0305. The molecule has 15 heavy (non-hydrogen) atoms. The van der Waals surface area contributed by atoms with Crippen LogP contribution in [0.4, 0.5) is 5.82 Å². The van der Waals surface area contributed by atoms with Gasteiger partial charge in [0.2, 0.25) is 0 Å². The second-order valence-electron chi connectivity index (χ2n) is 3.23. The molecule has 0 saturated heterocycles. The lowest BCUT2D eigenvalue weighted by Crippen LogP contribution is -2.11. The quantitative estimate of drug-likeness (QED) is 0.782. The Morgan fingerprint density at radius 1 is 1.27 bits per heavy atom. The minimum absolute atomic E-state index is 0.0305. The summed E-state index contributed by atoms with van der Waals surface area (Å²) in [6.07, 6.45) is 4.80. The first kappa shape index (κ1) is 9.57. The number of anilines is 1. The molecule has 0 radical (unpaired) electrons. The van der Waals surface area contributed by atoms with Gasteiger partial charge in [0, 0.05) is 12.4 Å². The summed E-state index contributed by atoms with van der Waals surface area (Å²) in [4.78, 5) is 12.4. The Labute approximate surface area is 87.2 Å². The number of aromatic nitrogens is 5. The van der Waals surface area contributed by atoms with Crippen LogP contribution < -0.4 is 5.32 Å². The fourth-order valence-corrected chi connectivity index (χ4v) is 1.25. The van der Waals surface area contributed by atoms with Gasteiger partial charge < -0.3 is 5.32 Å². The molecule has 0 aliphatic carbocycles. The predicted octanol–water partition coefficient (Wildman–Crippen LogP) is 1.08. The van der Waals surface area contributed by atoms with E-state index in [-0.39, 0.29) is 6.04 Å². The molecule has 2 rings (SSSR count). The Hall–Kier alpha value is -1.98. The van der Waals surface area contributed by atoms with Crippen LogP contribution in [0.3, 0.4) is 0 Å². The molecule has 0 aliphatic heterocycles. The fraction of sp³-hybridized carbons (Fsp3) is 0.333. The van der Waals surface area contributed by atoms with E-state index in [9.17, 15) is 0 Å². The molecule has 0 fully saturated rings. The zero-order valence-corrected chi connectivity index (χ0v) is 8.60. The molecule has 2 heterocycles. The van der Waals surface area contributed by atoms with Gasteiger partial charge in [-0.25, -0.2) is 9.97 Å². The van der Waals surface area contributed by atoms with Gasteiger partial charge in [-0.15, -0.1) is 0 Å². The molecule has 0 aliphatic rings. The predicted molar refractivity (Wildman–Crippen MR) is 55.2 cm³/mol. The first-order valence-electron chi connectivity index (χ1n) is 4.67. The van der Waals surface area contributed by atoms with Gasteiger partial charge in [0.1, 0.15) is 18.0 Å². The monoisotopic (exact) mass is 204 g/mol. The molecule has 1 unspecified atom stereocenters. The minimum Gasteiger partial charge on any atom is -0.359 e. The first-order valence-corrected chi connectivity index (χ1v) is 4.67. The highest BCUT2D eigenvalue weighted by molar-refractivity contribution is 5.39. The van der Waals surface area contributed by atoms with Gasteiger partial charge in [0.15, 0.2) is 0 Å². The van der Waals surface area contributed by atoms with Crippen molar-refractivity contribution in [3.05, 3.63) is 30.2 Å². The van der Waals surface area contributed by atoms with Crippen molar-refractivity contribution in [3.63, 3.8) is 0 Å². The fourth-order valence-electron chi connectivity index (χ4n) is 1.25. The van der Waals surface area contributed by atoms with E-state index in [1.165, 1.54) is 6.33 Å². The van der Waals surface area contributed by atoms with Gasteiger partial charge in [-0.05, 0) is 13.8 Å². The van der Waals surface area contributed by atoms with Gasteiger partial charge in [0.25, 0.3) is 0 Å². The maximum atomic E-state index is 4.19. The van der Waals surface area contributed by atoms with Crippen LogP contribution in [0.1, 0.15) is 24.5 Å². The highest BCUT2D eigenvalue weighted by Crippen LogP contribution is 2.14. The first-order chi connectivity index (χ1) is 7.27. The average molecular weight is 204 g/mol. The number of hydrogen-bond donors (Lipinski definition) is 2. The second-order valence-corrected chi connectivity index (χ2v) is 3.23. The number of aryl methyl sites for hydroxylation is 1. The maximum absolute atomic E-state index is 4.19. The van der Waals surface area contributed by atoms with Crippen molar-refractivity contribution in [2.45, 2.75) is 19.9 Å². The number of aromatic amines is 1. The summed E-state index contributed by atoms with van der Waals surface area (Å²) in [5.74, 6) is 1.54. The zero-order chi connectivity index (χ0) is 10.7. The Bertz CT molecular complexity index is 424. The van der Waals surface area contributed by atoms with Crippen molar-refractivity contribution in [1.82, 2.24) is 25.1 Å². The van der Waals surface area contributed by atoms with E-state index >= 15 is 0 Å². The van der Waals surface area contributed by atoms with Crippen molar-refractivity contribution in [3.8, 4) is 0 Å². The third-order valence-electron chi connectivity index (χ3n) is 2.08. The molecule has 0 saturated carbocycles. The summed E-state index contributed by atoms with van der Waals surface area (Å²) in [6, 6.07) is 0.0305. The van der Waals surface area contributed by atoms with Crippen LogP contribution in [-0.2, 0) is 0 Å². The SMILES string of the molecule is Cc1nccnc1NC(C)c1ncn[nH]1. The molecule has 6 heteroatoms. The smallest absolute Gasteiger partial charge is 0.148 e. The second kappa shape index (κ2) is 4.04. The van der Waals surface area contributed by atoms with E-state index in [1.54, 1.807) is 12.4 Å². The Balaban J connectivity index is 2.13. The summed E-state index contributed by atoms with van der Waals surface area (Å²) in [5, 5.41) is 9.81. The van der Waals surface area contributed by atoms with Crippen LogP contribution in [-0.4, -0.2) is 25.1 Å². The van der Waals surface area contributed by atoms with E-state index in [2.05, 4.69) is 30.5 Å². The largest absolute Gasteiger partial charge is 0.359 e. The van der Waals surface area contributed by atoms with Gasteiger partial charge in [-0.1, -0.05) is 0 Å². The standard InChI is InChI=1S/C9H12N6/c1-6-8(11-4-3-10-6)14-7(2)9-12-5-13-15-9/h3-5,7H,1-2H3,(H,11,14)(H,12,13,15). The molecule has 0 bridgehead atoms. The number of nitrogens with one attached hydrogen (secondary N) is 2. The maximum Gasteiger partial charge on any atom is 0.148 e. The van der Waals surface area contributed by atoms with E-state index in [4.69, 9.17) is 0 Å². The van der Waals surface area contributed by atoms with Gasteiger partial charge in [-0.3, -0.25) is 10.1 Å². The number of nitrogens with zero attached hydrogens (tertiary/aromatic N) is 4. The molecule has 2 aromatic heterocycles. The molecule has 0 spiro atoms. The molecule has 0 amide bonds. The van der Waals surface area contributed by atoms with E-state index < -0.39 is 0 Å². The number of hydrogen-bond acceptors (Lipinski definition) is 5. The summed E-state index contributed by atoms with van der Waals surface area (Å²) >= 11 is 0. The lowest BCUT2D eigenvalue weighted by atomic mass is 10.3. The lowest BCUT2D eigenvalue weighted by molar-refractivity contribution is 0.786. The van der Waals surface area contributed by atoms with Gasteiger partial charge in [-0.2, -0.15) is 5.10 Å². The average Bonchev–Trinajstić information content (AvgIpc) is 2.74. The molecule has 78 valence electrons. The van der Waals surface area contributed by atoms with Crippen molar-refractivity contribution >= 4 is 5.82 Å². The van der Waals surface area contributed by atoms with Crippen LogP contribution in [0.15, 0.2) is 18.7 Å². The molecular weight excluding hydrogens is 192 g/mol. The Morgan fingerprint density at radius 3 is 2.73 bits per heavy atom. The molecular formula is C9H12N6. The Kier molecular flexibility index (Phi) is 2.57. The van der Waals surface area contributed by atoms with Gasteiger partial charge >= 0.3 is 0 Å². The summed E-state index contributed by atoms with van der Waals surface area (Å²) in [5.41, 5.74) is 0.865. The molecule has 6 nitrogen and oxygen atoms in total.